The van der Waals surface area contributed by atoms with E-state index in [2.05, 4.69) is 21.0 Å². The van der Waals surface area contributed by atoms with Crippen LogP contribution in [0.1, 0.15) is 50.1 Å². The van der Waals surface area contributed by atoms with Gasteiger partial charge in [0.2, 0.25) is 10.0 Å². The molecule has 1 atom stereocenters. The zero-order valence-corrected chi connectivity index (χ0v) is 23.2. The SMILES string of the molecule is COc1ccc(OCC2CCCN(S(=O)(=O)CC3CCC(c4[nH]ccc5cnc6nccc6c45)CC3)C2)cc1. The van der Waals surface area contributed by atoms with Crippen molar-refractivity contribution in [3.8, 4) is 11.5 Å². The van der Waals surface area contributed by atoms with Crippen molar-refractivity contribution in [3.05, 3.63) is 60.7 Å². The van der Waals surface area contributed by atoms with Crippen molar-refractivity contribution in [1.29, 1.82) is 0 Å². The number of pyridine rings is 2. The van der Waals surface area contributed by atoms with E-state index in [4.69, 9.17) is 9.47 Å². The molecule has 8 nitrogen and oxygen atoms in total. The van der Waals surface area contributed by atoms with Crippen LogP contribution in [0, 0.1) is 11.8 Å². The van der Waals surface area contributed by atoms with E-state index >= 15 is 0 Å². The average molecular weight is 549 g/mol. The van der Waals surface area contributed by atoms with Crippen molar-refractivity contribution in [2.24, 2.45) is 11.8 Å². The molecular formula is C30H36N4O4S. The third-order valence-corrected chi connectivity index (χ3v) is 10.5. The minimum Gasteiger partial charge on any atom is -0.497 e. The Labute approximate surface area is 229 Å². The molecule has 1 aliphatic heterocycles. The maximum absolute atomic E-state index is 13.4. The molecule has 0 amide bonds. The summed E-state index contributed by atoms with van der Waals surface area (Å²) in [5, 5.41) is 3.40. The molecule has 4 heterocycles. The van der Waals surface area contributed by atoms with Gasteiger partial charge in [0, 0.05) is 59.5 Å². The molecule has 0 radical (unpaired) electrons. The van der Waals surface area contributed by atoms with E-state index in [0.29, 0.717) is 25.6 Å². The molecule has 0 bridgehead atoms. The van der Waals surface area contributed by atoms with Crippen LogP contribution in [0.3, 0.4) is 0 Å². The Hall–Kier alpha value is -3.17. The quantitative estimate of drug-likeness (QED) is 0.312. The number of H-pyrrole nitrogens is 1. The molecule has 1 saturated carbocycles. The summed E-state index contributed by atoms with van der Waals surface area (Å²) in [4.78, 5) is 12.4. The maximum atomic E-state index is 13.4. The molecule has 2 fully saturated rings. The highest BCUT2D eigenvalue weighted by molar-refractivity contribution is 7.89. The normalized spacial score (nSPS) is 22.7. The fourth-order valence-corrected chi connectivity index (χ4v) is 8.33. The molecular weight excluding hydrogens is 512 g/mol. The number of ether oxygens (including phenoxy) is 2. The Kier molecular flexibility index (Phi) is 7.44. The lowest BCUT2D eigenvalue weighted by molar-refractivity contribution is 0.179. The summed E-state index contributed by atoms with van der Waals surface area (Å²) < 4.78 is 39.8. The van der Waals surface area contributed by atoms with E-state index in [9.17, 15) is 8.42 Å². The van der Waals surface area contributed by atoms with Crippen molar-refractivity contribution in [2.45, 2.75) is 44.4 Å². The van der Waals surface area contributed by atoms with Crippen molar-refractivity contribution in [2.75, 3.05) is 32.6 Å². The van der Waals surface area contributed by atoms with Gasteiger partial charge >= 0.3 is 0 Å². The second kappa shape index (κ2) is 11.1. The lowest BCUT2D eigenvalue weighted by Crippen LogP contribution is -2.43. The second-order valence-electron chi connectivity index (χ2n) is 11.0. The van der Waals surface area contributed by atoms with Gasteiger partial charge in [0.05, 0.1) is 19.5 Å². The minimum atomic E-state index is -3.31. The fraction of sp³-hybridized carbons (Fsp3) is 0.467. The van der Waals surface area contributed by atoms with Gasteiger partial charge < -0.3 is 14.5 Å². The lowest BCUT2D eigenvalue weighted by Gasteiger charge is -2.34. The van der Waals surface area contributed by atoms with E-state index in [1.54, 1.807) is 11.4 Å². The van der Waals surface area contributed by atoms with Crippen LogP contribution < -0.4 is 9.47 Å². The number of hydrogen-bond donors (Lipinski definition) is 1. The van der Waals surface area contributed by atoms with Gasteiger partial charge in [-0.05, 0) is 86.8 Å². The Morgan fingerprint density at radius 2 is 1.77 bits per heavy atom. The fourth-order valence-electron chi connectivity index (χ4n) is 6.34. The summed E-state index contributed by atoms with van der Waals surface area (Å²) in [6.07, 6.45) is 11.3. The van der Waals surface area contributed by atoms with E-state index in [-0.39, 0.29) is 17.6 Å². The number of benzene rings is 1. The monoisotopic (exact) mass is 548 g/mol. The Morgan fingerprint density at radius 3 is 2.56 bits per heavy atom. The molecule has 4 aromatic rings. The van der Waals surface area contributed by atoms with Gasteiger partial charge in [0.15, 0.2) is 5.65 Å². The molecule has 39 heavy (non-hydrogen) atoms. The lowest BCUT2D eigenvalue weighted by atomic mass is 9.80. The van der Waals surface area contributed by atoms with Crippen LogP contribution in [0.25, 0.3) is 21.8 Å². The molecule has 3 aromatic heterocycles. The predicted molar refractivity (Wildman–Crippen MR) is 153 cm³/mol. The summed E-state index contributed by atoms with van der Waals surface area (Å²) in [7, 11) is -1.67. The Morgan fingerprint density at radius 1 is 0.974 bits per heavy atom. The zero-order chi connectivity index (χ0) is 26.8. The van der Waals surface area contributed by atoms with Crippen molar-refractivity contribution in [1.82, 2.24) is 19.3 Å². The summed E-state index contributed by atoms with van der Waals surface area (Å²) in [5.74, 6) is 2.58. The standard InChI is InChI=1S/C30H36N4O4S/c1-37-25-8-10-26(11-9-25)38-19-22-3-2-16-34(18-22)39(35,36)20-21-4-6-23(7-5-21)29-28-24(12-14-31-29)17-33-30-27(28)13-15-32-30/h8-15,17,21-23,31H,2-7,16,18-20H2,1H3. The van der Waals surface area contributed by atoms with Crippen molar-refractivity contribution < 1.29 is 17.9 Å². The first-order chi connectivity index (χ1) is 19.0. The molecule has 2 aliphatic rings. The molecule has 6 rings (SSSR count). The number of aromatic nitrogens is 3. The molecule has 1 aromatic carbocycles. The van der Waals surface area contributed by atoms with Crippen molar-refractivity contribution in [3.63, 3.8) is 0 Å². The molecule has 206 valence electrons. The van der Waals surface area contributed by atoms with Gasteiger partial charge in [-0.25, -0.2) is 22.7 Å². The number of nitrogens with zero attached hydrogens (tertiary/aromatic N) is 3. The van der Waals surface area contributed by atoms with E-state index in [1.165, 1.54) is 11.1 Å². The van der Waals surface area contributed by atoms with Crippen LogP contribution in [0.2, 0.25) is 0 Å². The number of rotatable bonds is 8. The van der Waals surface area contributed by atoms with Gasteiger partial charge in [0.25, 0.3) is 0 Å². The van der Waals surface area contributed by atoms with Crippen LogP contribution in [0.15, 0.2) is 55.0 Å². The smallest absolute Gasteiger partial charge is 0.214 e. The summed E-state index contributed by atoms with van der Waals surface area (Å²) in [6, 6.07) is 11.6. The molecule has 9 heteroatoms. The minimum absolute atomic E-state index is 0.194. The molecule has 1 saturated heterocycles. The van der Waals surface area contributed by atoms with Gasteiger partial charge in [0.1, 0.15) is 11.5 Å². The van der Waals surface area contributed by atoms with Gasteiger partial charge in [-0.1, -0.05) is 0 Å². The van der Waals surface area contributed by atoms with E-state index in [0.717, 1.165) is 66.4 Å². The molecule has 1 N–H and O–H groups in total. The highest BCUT2D eigenvalue weighted by Gasteiger charge is 2.33. The largest absolute Gasteiger partial charge is 0.497 e. The van der Waals surface area contributed by atoms with Crippen LogP contribution in [-0.4, -0.2) is 60.2 Å². The number of aromatic amines is 1. The summed E-state index contributed by atoms with van der Waals surface area (Å²) in [5.41, 5.74) is 2.00. The highest BCUT2D eigenvalue weighted by Crippen LogP contribution is 2.40. The van der Waals surface area contributed by atoms with Crippen LogP contribution in [0.5, 0.6) is 11.5 Å². The number of piperidine rings is 1. The second-order valence-corrected chi connectivity index (χ2v) is 13.0. The van der Waals surface area contributed by atoms with Crippen molar-refractivity contribution >= 4 is 31.8 Å². The number of methoxy groups -OCH3 is 1. The number of sulfonamides is 1. The molecule has 1 unspecified atom stereocenters. The number of nitrogens with one attached hydrogen (secondary N) is 1. The first kappa shape index (κ1) is 26.1. The van der Waals surface area contributed by atoms with Gasteiger partial charge in [-0.3, -0.25) is 0 Å². The molecule has 1 aliphatic carbocycles. The first-order valence-corrected chi connectivity index (χ1v) is 15.6. The van der Waals surface area contributed by atoms with Gasteiger partial charge in [-0.15, -0.1) is 0 Å². The number of hydrogen-bond acceptors (Lipinski definition) is 6. The third-order valence-electron chi connectivity index (χ3n) is 8.46. The third kappa shape index (κ3) is 5.61. The highest BCUT2D eigenvalue weighted by atomic mass is 32.2. The predicted octanol–water partition coefficient (Wildman–Crippen LogP) is 5.51. The summed E-state index contributed by atoms with van der Waals surface area (Å²) >= 11 is 0. The van der Waals surface area contributed by atoms with Crippen LogP contribution in [-0.2, 0) is 10.0 Å². The average Bonchev–Trinajstić information content (AvgIpc) is 3.46. The topological polar surface area (TPSA) is 97.4 Å². The van der Waals surface area contributed by atoms with E-state index in [1.807, 2.05) is 48.9 Å². The van der Waals surface area contributed by atoms with E-state index < -0.39 is 10.0 Å². The Balaban J connectivity index is 1.05. The molecule has 0 spiro atoms. The Bertz CT molecular complexity index is 1530. The van der Waals surface area contributed by atoms with Crippen LogP contribution in [0.4, 0.5) is 0 Å². The maximum Gasteiger partial charge on any atom is 0.214 e. The van der Waals surface area contributed by atoms with Gasteiger partial charge in [-0.2, -0.15) is 0 Å². The first-order valence-electron chi connectivity index (χ1n) is 14.0. The van der Waals surface area contributed by atoms with Crippen LogP contribution >= 0.6 is 0 Å². The number of fused-ring (bicyclic) bond motifs is 3. The summed E-state index contributed by atoms with van der Waals surface area (Å²) in [6.45, 7) is 1.67. The zero-order valence-electron chi connectivity index (χ0n) is 22.4.